The Bertz CT molecular complexity index is 921. The maximum atomic E-state index is 12.5. The van der Waals surface area contributed by atoms with Gasteiger partial charge in [0.05, 0.1) is 6.54 Å². The van der Waals surface area contributed by atoms with Crippen molar-refractivity contribution < 1.29 is 14.3 Å². The summed E-state index contributed by atoms with van der Waals surface area (Å²) < 4.78 is 11.6. The number of carbonyl (C=O) groups is 1. The van der Waals surface area contributed by atoms with Crippen LogP contribution in [0, 0.1) is 0 Å². The zero-order chi connectivity index (χ0) is 20.5. The fourth-order valence-electron chi connectivity index (χ4n) is 3.23. The minimum atomic E-state index is -0.524. The second kappa shape index (κ2) is 10.5. The lowest BCUT2D eigenvalue weighted by Gasteiger charge is -2.18. The molecule has 0 saturated carbocycles. The Balaban J connectivity index is 1.46. The first kappa shape index (κ1) is 20.7. The van der Waals surface area contributed by atoms with Gasteiger partial charge in [-0.15, -0.1) is 0 Å². The maximum Gasteiger partial charge on any atom is 0.261 e. The van der Waals surface area contributed by atoms with Crippen LogP contribution in [0.15, 0.2) is 66.7 Å². The summed E-state index contributed by atoms with van der Waals surface area (Å²) in [6.45, 7) is 4.97. The number of benzene rings is 3. The van der Waals surface area contributed by atoms with Gasteiger partial charge in [0.15, 0.2) is 6.10 Å². The highest BCUT2D eigenvalue weighted by atomic mass is 16.5. The van der Waals surface area contributed by atoms with Crippen LogP contribution in [0.3, 0.4) is 0 Å². The molecule has 29 heavy (non-hydrogen) atoms. The second-order valence-electron chi connectivity index (χ2n) is 7.06. The first-order chi connectivity index (χ1) is 14.2. The van der Waals surface area contributed by atoms with E-state index in [9.17, 15) is 4.79 Å². The number of amides is 1. The molecule has 3 aromatic rings. The van der Waals surface area contributed by atoms with Crippen LogP contribution < -0.4 is 14.8 Å². The van der Waals surface area contributed by atoms with Crippen LogP contribution in [0.5, 0.6) is 11.5 Å². The van der Waals surface area contributed by atoms with Crippen molar-refractivity contribution in [3.05, 3.63) is 72.3 Å². The Kier molecular flexibility index (Phi) is 7.51. The number of fused-ring (bicyclic) bond motifs is 1. The van der Waals surface area contributed by atoms with Crippen LogP contribution in [-0.4, -0.2) is 25.2 Å². The topological polar surface area (TPSA) is 47.6 Å². The van der Waals surface area contributed by atoms with Gasteiger partial charge in [-0.3, -0.25) is 4.79 Å². The SMILES string of the molecule is CCCc1ccc(OCCNC(=O)[C@@H](CC)Oc2ccc3ccccc3c2)cc1. The molecule has 0 spiro atoms. The highest BCUT2D eigenvalue weighted by molar-refractivity contribution is 5.84. The number of nitrogens with one attached hydrogen (secondary N) is 1. The largest absolute Gasteiger partial charge is 0.492 e. The molecule has 1 N–H and O–H groups in total. The fraction of sp³-hybridized carbons (Fsp3) is 0.320. The Hall–Kier alpha value is -3.01. The van der Waals surface area contributed by atoms with Crippen molar-refractivity contribution in [2.75, 3.05) is 13.2 Å². The van der Waals surface area contributed by atoms with Gasteiger partial charge in [0.2, 0.25) is 0 Å². The Morgan fingerprint density at radius 3 is 2.38 bits per heavy atom. The lowest BCUT2D eigenvalue weighted by atomic mass is 10.1. The first-order valence-corrected chi connectivity index (χ1v) is 10.3. The van der Waals surface area contributed by atoms with E-state index in [1.165, 1.54) is 5.56 Å². The van der Waals surface area contributed by atoms with Crippen LogP contribution in [0.1, 0.15) is 32.3 Å². The molecule has 152 valence electrons. The molecule has 1 amide bonds. The number of hydrogen-bond acceptors (Lipinski definition) is 3. The van der Waals surface area contributed by atoms with Crippen molar-refractivity contribution in [2.24, 2.45) is 0 Å². The number of rotatable bonds is 10. The van der Waals surface area contributed by atoms with Crippen LogP contribution in [-0.2, 0) is 11.2 Å². The summed E-state index contributed by atoms with van der Waals surface area (Å²) in [6.07, 6.45) is 2.28. The molecule has 0 aliphatic rings. The molecule has 0 unspecified atom stereocenters. The quantitative estimate of drug-likeness (QED) is 0.487. The van der Waals surface area contributed by atoms with Gasteiger partial charge in [-0.2, -0.15) is 0 Å². The molecule has 0 aliphatic heterocycles. The normalized spacial score (nSPS) is 11.8. The van der Waals surface area contributed by atoms with Gasteiger partial charge in [0.25, 0.3) is 5.91 Å². The molecule has 3 aromatic carbocycles. The number of aryl methyl sites for hydroxylation is 1. The van der Waals surface area contributed by atoms with Crippen molar-refractivity contribution in [3.8, 4) is 11.5 Å². The first-order valence-electron chi connectivity index (χ1n) is 10.3. The highest BCUT2D eigenvalue weighted by Gasteiger charge is 2.18. The molecule has 0 aromatic heterocycles. The molecular formula is C25H29NO3. The highest BCUT2D eigenvalue weighted by Crippen LogP contribution is 2.22. The number of ether oxygens (including phenoxy) is 2. The van der Waals surface area contributed by atoms with Crippen LogP contribution >= 0.6 is 0 Å². The van der Waals surface area contributed by atoms with E-state index in [2.05, 4.69) is 30.4 Å². The van der Waals surface area contributed by atoms with Crippen molar-refractivity contribution in [1.29, 1.82) is 0 Å². The van der Waals surface area contributed by atoms with Gasteiger partial charge < -0.3 is 14.8 Å². The lowest BCUT2D eigenvalue weighted by molar-refractivity contribution is -0.128. The molecule has 0 saturated heterocycles. The van der Waals surface area contributed by atoms with Crippen molar-refractivity contribution in [1.82, 2.24) is 5.32 Å². The second-order valence-corrected chi connectivity index (χ2v) is 7.06. The standard InChI is InChI=1S/C25H29NO3/c1-3-7-19-10-13-22(14-11-19)28-17-16-26-25(27)24(4-2)29-23-15-12-20-8-5-6-9-21(20)18-23/h5-6,8-15,18,24H,3-4,7,16-17H2,1-2H3,(H,26,27)/t24-/m1/s1. The van der Waals surface area contributed by atoms with Crippen molar-refractivity contribution >= 4 is 16.7 Å². The molecule has 0 aliphatic carbocycles. The zero-order valence-electron chi connectivity index (χ0n) is 17.2. The van der Waals surface area contributed by atoms with Crippen molar-refractivity contribution in [2.45, 2.75) is 39.2 Å². The molecule has 0 bridgehead atoms. The monoisotopic (exact) mass is 391 g/mol. The predicted octanol–water partition coefficient (Wildman–Crippen LogP) is 5.14. The summed E-state index contributed by atoms with van der Waals surface area (Å²) in [4.78, 5) is 12.5. The molecule has 0 heterocycles. The van der Waals surface area contributed by atoms with E-state index in [0.717, 1.165) is 29.4 Å². The minimum absolute atomic E-state index is 0.123. The van der Waals surface area contributed by atoms with Gasteiger partial charge in [-0.05, 0) is 53.4 Å². The van der Waals surface area contributed by atoms with Gasteiger partial charge >= 0.3 is 0 Å². The van der Waals surface area contributed by atoms with Crippen LogP contribution in [0.2, 0.25) is 0 Å². The summed E-state index contributed by atoms with van der Waals surface area (Å²) in [6, 6.07) is 22.1. The Labute approximate surface area is 172 Å². The average Bonchev–Trinajstić information content (AvgIpc) is 2.76. The fourth-order valence-corrected chi connectivity index (χ4v) is 3.23. The lowest BCUT2D eigenvalue weighted by Crippen LogP contribution is -2.39. The van der Waals surface area contributed by atoms with Gasteiger partial charge in [-0.25, -0.2) is 0 Å². The molecule has 0 radical (unpaired) electrons. The van der Waals surface area contributed by atoms with E-state index >= 15 is 0 Å². The molecule has 1 atom stereocenters. The van der Waals surface area contributed by atoms with E-state index in [-0.39, 0.29) is 5.91 Å². The third-order valence-corrected chi connectivity index (χ3v) is 4.79. The molecule has 0 fully saturated rings. The summed E-state index contributed by atoms with van der Waals surface area (Å²) >= 11 is 0. The number of hydrogen-bond donors (Lipinski definition) is 1. The maximum absolute atomic E-state index is 12.5. The third-order valence-electron chi connectivity index (χ3n) is 4.79. The van der Waals surface area contributed by atoms with E-state index in [4.69, 9.17) is 9.47 Å². The van der Waals surface area contributed by atoms with Crippen molar-refractivity contribution in [3.63, 3.8) is 0 Å². The summed E-state index contributed by atoms with van der Waals surface area (Å²) in [7, 11) is 0. The van der Waals surface area contributed by atoms with Gasteiger partial charge in [-0.1, -0.05) is 62.7 Å². The van der Waals surface area contributed by atoms with Gasteiger partial charge in [0.1, 0.15) is 18.1 Å². The Morgan fingerprint density at radius 1 is 0.931 bits per heavy atom. The van der Waals surface area contributed by atoms with E-state index in [1.54, 1.807) is 0 Å². The van der Waals surface area contributed by atoms with Gasteiger partial charge in [0, 0.05) is 0 Å². The predicted molar refractivity (Wildman–Crippen MR) is 118 cm³/mol. The summed E-state index contributed by atoms with van der Waals surface area (Å²) in [5.74, 6) is 1.40. The average molecular weight is 392 g/mol. The smallest absolute Gasteiger partial charge is 0.261 e. The summed E-state index contributed by atoms with van der Waals surface area (Å²) in [5, 5.41) is 5.15. The Morgan fingerprint density at radius 2 is 1.66 bits per heavy atom. The summed E-state index contributed by atoms with van der Waals surface area (Å²) in [5.41, 5.74) is 1.31. The van der Waals surface area contributed by atoms with E-state index in [0.29, 0.717) is 25.3 Å². The zero-order valence-corrected chi connectivity index (χ0v) is 17.2. The van der Waals surface area contributed by atoms with E-state index < -0.39 is 6.10 Å². The minimum Gasteiger partial charge on any atom is -0.492 e. The molecular weight excluding hydrogens is 362 g/mol. The van der Waals surface area contributed by atoms with Crippen LogP contribution in [0.25, 0.3) is 10.8 Å². The molecule has 4 nitrogen and oxygen atoms in total. The number of carbonyl (C=O) groups excluding carboxylic acids is 1. The van der Waals surface area contributed by atoms with Crippen LogP contribution in [0.4, 0.5) is 0 Å². The molecule has 3 rings (SSSR count). The van der Waals surface area contributed by atoms with E-state index in [1.807, 2.05) is 55.5 Å². The molecule has 4 heteroatoms. The third kappa shape index (κ3) is 5.98.